The number of rotatable bonds is 36. The summed E-state index contributed by atoms with van der Waals surface area (Å²) in [7, 11) is 0. The molecule has 0 amide bonds. The Bertz CT molecular complexity index is 600. The van der Waals surface area contributed by atoms with Crippen LogP contribution in [0, 0.1) is 0 Å². The van der Waals surface area contributed by atoms with E-state index < -0.39 is 38.4 Å². The molecule has 0 fully saturated rings. The van der Waals surface area contributed by atoms with Gasteiger partial charge in [-0.25, -0.2) is 0 Å². The van der Waals surface area contributed by atoms with E-state index in [1.54, 1.807) is 0 Å². The summed E-state index contributed by atoms with van der Waals surface area (Å²) in [6.45, 7) is 6.22. The van der Waals surface area contributed by atoms with Gasteiger partial charge in [0.25, 0.3) is 0 Å². The Kier molecular flexibility index (Phi) is 35.5. The molecule has 45 heavy (non-hydrogen) atoms. The normalized spacial score (nSPS) is 12.8. The standard InChI is InChI=1S/2C18H35O.4CH3.O.2Sn/c2*1-2-3-4-5-6-7-8-9-10-11-12-13-14-15-16-17-18-19;;;;;;;/h2*9-10H,2-8,11-18H2,1H3;4*1H3;;;/q2*-1;;;;;;;+2/b2*10-9-;;;;;;;. The molecule has 0 saturated carbocycles. The molecule has 5 heteroatoms. The molecule has 0 heterocycles. The molecule has 0 aliphatic heterocycles. The average Bonchev–Trinajstić information content (AvgIpc) is 2.99. The zero-order valence-corrected chi connectivity index (χ0v) is 37.5. The molecule has 0 spiro atoms. The summed E-state index contributed by atoms with van der Waals surface area (Å²) in [4.78, 5) is 9.23. The van der Waals surface area contributed by atoms with E-state index in [-0.39, 0.29) is 0 Å². The summed E-state index contributed by atoms with van der Waals surface area (Å²) in [5, 5.41) is 0. The molecule has 0 aliphatic rings. The third kappa shape index (κ3) is 37.6. The third-order valence-corrected chi connectivity index (χ3v) is 34.3. The van der Waals surface area contributed by atoms with Gasteiger partial charge in [0.15, 0.2) is 0 Å². The molecule has 0 atom stereocenters. The van der Waals surface area contributed by atoms with E-state index in [1.165, 1.54) is 167 Å². The van der Waals surface area contributed by atoms with E-state index >= 15 is 0 Å². The van der Waals surface area contributed by atoms with E-state index in [1.807, 2.05) is 0 Å². The SMILES string of the molecule is CCCCCCCC/C=C\CCCCCCCC[O][Sn]([CH3])([O]CCCCCCCC/C=C\CCCCCCCC)[O][Sn]([CH3])([CH3])[CH3]. The first-order valence-electron chi connectivity index (χ1n) is 20.1. The molecule has 3 nitrogen and oxygen atoms in total. The molecule has 0 bridgehead atoms. The second-order valence-electron chi connectivity index (χ2n) is 14.6. The molecule has 0 N–H and O–H groups in total. The number of allylic oxidation sites excluding steroid dienone is 4. The first-order valence-corrected chi connectivity index (χ1v) is 36.2. The van der Waals surface area contributed by atoms with Crippen molar-refractivity contribution in [2.75, 3.05) is 13.2 Å². The van der Waals surface area contributed by atoms with Crippen LogP contribution >= 0.6 is 0 Å². The molecule has 0 rings (SSSR count). The van der Waals surface area contributed by atoms with Gasteiger partial charge >= 0.3 is 206 Å². The van der Waals surface area contributed by atoms with Crippen molar-refractivity contribution >= 4 is 38.4 Å². The summed E-state index contributed by atoms with van der Waals surface area (Å²) >= 11 is -5.81. The Hall–Kier alpha value is 0.957. The van der Waals surface area contributed by atoms with Gasteiger partial charge in [0.05, 0.1) is 0 Å². The first kappa shape index (κ1) is 46.0. The molecule has 0 aromatic heterocycles. The Labute approximate surface area is 294 Å². The molecule has 0 aromatic carbocycles. The molecule has 268 valence electrons. The fraction of sp³-hybridized carbons (Fsp3) is 0.900. The fourth-order valence-electron chi connectivity index (χ4n) is 5.87. The van der Waals surface area contributed by atoms with Gasteiger partial charge < -0.3 is 0 Å². The van der Waals surface area contributed by atoms with E-state index in [0.29, 0.717) is 0 Å². The zero-order valence-electron chi connectivity index (χ0n) is 31.7. The second kappa shape index (κ2) is 34.8. The summed E-state index contributed by atoms with van der Waals surface area (Å²) in [5.74, 6) is 0. The Morgan fingerprint density at radius 2 is 0.622 bits per heavy atom. The van der Waals surface area contributed by atoms with Gasteiger partial charge in [-0.15, -0.1) is 0 Å². The van der Waals surface area contributed by atoms with Gasteiger partial charge in [0, 0.05) is 0 Å². The maximum atomic E-state index is 6.65. The zero-order chi connectivity index (χ0) is 33.2. The van der Waals surface area contributed by atoms with Gasteiger partial charge in [-0.2, -0.15) is 0 Å². The maximum absolute atomic E-state index is 6.65. The average molecular weight is 849 g/mol. The second-order valence-corrected chi connectivity index (χ2v) is 37.8. The van der Waals surface area contributed by atoms with Crippen LogP contribution < -0.4 is 0 Å². The minimum absolute atomic E-state index is 0.823. The molecule has 0 aliphatic carbocycles. The van der Waals surface area contributed by atoms with Crippen LogP contribution in [0.4, 0.5) is 0 Å². The van der Waals surface area contributed by atoms with Crippen LogP contribution in [-0.4, -0.2) is 51.6 Å². The first-order chi connectivity index (χ1) is 21.8. The van der Waals surface area contributed by atoms with Crippen molar-refractivity contribution in [2.45, 2.75) is 213 Å². The van der Waals surface area contributed by atoms with E-state index in [4.69, 9.17) is 7.56 Å². The van der Waals surface area contributed by atoms with Crippen molar-refractivity contribution < 1.29 is 7.56 Å². The van der Waals surface area contributed by atoms with Crippen LogP contribution in [0.2, 0.25) is 19.8 Å². The Balaban J connectivity index is 3.78. The summed E-state index contributed by atoms with van der Waals surface area (Å²) < 4.78 is 19.6. The summed E-state index contributed by atoms with van der Waals surface area (Å²) in [5.41, 5.74) is 0. The van der Waals surface area contributed by atoms with Crippen LogP contribution in [0.1, 0.15) is 194 Å². The van der Waals surface area contributed by atoms with Crippen molar-refractivity contribution in [3.05, 3.63) is 24.3 Å². The third-order valence-electron chi connectivity index (χ3n) is 8.53. The van der Waals surface area contributed by atoms with Crippen LogP contribution in [0.5, 0.6) is 0 Å². The predicted molar refractivity (Wildman–Crippen MR) is 207 cm³/mol. The molecule has 0 saturated heterocycles. The van der Waals surface area contributed by atoms with Crippen molar-refractivity contribution in [2.24, 2.45) is 0 Å². The number of hydrogen-bond acceptors (Lipinski definition) is 3. The van der Waals surface area contributed by atoms with Crippen LogP contribution in [0.25, 0.3) is 0 Å². The Morgan fingerprint density at radius 3 is 0.911 bits per heavy atom. The molecule has 0 aromatic rings. The van der Waals surface area contributed by atoms with E-state index in [0.717, 1.165) is 26.1 Å². The van der Waals surface area contributed by atoms with E-state index in [2.05, 4.69) is 57.9 Å². The van der Waals surface area contributed by atoms with Gasteiger partial charge in [0.2, 0.25) is 0 Å². The van der Waals surface area contributed by atoms with Crippen molar-refractivity contribution in [1.82, 2.24) is 0 Å². The van der Waals surface area contributed by atoms with Gasteiger partial charge in [-0.1, -0.05) is 78.1 Å². The molecule has 0 unspecified atom stereocenters. The van der Waals surface area contributed by atoms with Crippen molar-refractivity contribution in [1.29, 1.82) is 0 Å². The predicted octanol–water partition coefficient (Wildman–Crippen LogP) is 14.5. The van der Waals surface area contributed by atoms with Crippen LogP contribution in [-0.2, 0) is 7.56 Å². The number of unbranched alkanes of at least 4 members (excludes halogenated alkanes) is 24. The topological polar surface area (TPSA) is 27.7 Å². The monoisotopic (exact) mass is 850 g/mol. The molecular weight excluding hydrogens is 766 g/mol. The molecule has 0 radical (unpaired) electrons. The van der Waals surface area contributed by atoms with E-state index in [9.17, 15) is 0 Å². The molecular formula is C40H82O3Sn2. The summed E-state index contributed by atoms with van der Waals surface area (Å²) in [6.07, 6.45) is 47.1. The van der Waals surface area contributed by atoms with Gasteiger partial charge in [-0.05, 0) is 12.8 Å². The fourth-order valence-corrected chi connectivity index (χ4v) is 36.1. The van der Waals surface area contributed by atoms with Crippen LogP contribution in [0.15, 0.2) is 24.3 Å². The van der Waals surface area contributed by atoms with Gasteiger partial charge in [0.1, 0.15) is 0 Å². The van der Waals surface area contributed by atoms with Crippen molar-refractivity contribution in [3.63, 3.8) is 0 Å². The van der Waals surface area contributed by atoms with Crippen molar-refractivity contribution in [3.8, 4) is 0 Å². The Morgan fingerprint density at radius 1 is 0.356 bits per heavy atom. The quantitative estimate of drug-likeness (QED) is 0.0357. The van der Waals surface area contributed by atoms with Gasteiger partial charge in [-0.3, -0.25) is 0 Å². The summed E-state index contributed by atoms with van der Waals surface area (Å²) in [6, 6.07) is 0. The number of hydrogen-bond donors (Lipinski definition) is 0. The minimum atomic E-state index is -3.38. The van der Waals surface area contributed by atoms with Crippen LogP contribution in [0.3, 0.4) is 0 Å².